The molecule has 2 N–H and O–H groups in total. The normalized spacial score (nSPS) is 11.5. The van der Waals surface area contributed by atoms with Gasteiger partial charge < -0.3 is 9.73 Å². The average molecular weight is 403 g/mol. The van der Waals surface area contributed by atoms with Crippen LogP contribution in [0.25, 0.3) is 22.2 Å². The number of alkyl halides is 3. The Kier molecular flexibility index (Phi) is 4.52. The Morgan fingerprint density at radius 1 is 1.04 bits per heavy atom. The summed E-state index contributed by atoms with van der Waals surface area (Å²) in [5.74, 6) is 0. The van der Waals surface area contributed by atoms with E-state index in [2.05, 4.69) is 15.6 Å². The number of nitrogens with one attached hydrogen (secondary N) is 2. The summed E-state index contributed by atoms with van der Waals surface area (Å²) >= 11 is 1.58. The third kappa shape index (κ3) is 3.84. The van der Waals surface area contributed by atoms with E-state index in [0.717, 1.165) is 23.3 Å². The van der Waals surface area contributed by atoms with Crippen LogP contribution in [0.5, 0.6) is 0 Å². The number of amides is 2. The number of anilines is 2. The van der Waals surface area contributed by atoms with Gasteiger partial charge in [-0.1, -0.05) is 12.1 Å². The number of hydrogen-bond acceptors (Lipinski definition) is 4. The molecule has 2 heterocycles. The zero-order valence-electron chi connectivity index (χ0n) is 14.1. The number of thiophene rings is 1. The highest BCUT2D eigenvalue weighted by Crippen LogP contribution is 2.31. The number of fused-ring (bicyclic) bond motifs is 1. The van der Waals surface area contributed by atoms with E-state index in [4.69, 9.17) is 4.42 Å². The van der Waals surface area contributed by atoms with Crippen molar-refractivity contribution >= 4 is 40.2 Å². The second-order valence-electron chi connectivity index (χ2n) is 5.87. The molecule has 0 aliphatic heterocycles. The topological polar surface area (TPSA) is 67.2 Å². The summed E-state index contributed by atoms with van der Waals surface area (Å²) < 4.78 is 43.7. The van der Waals surface area contributed by atoms with E-state index < -0.39 is 17.8 Å². The van der Waals surface area contributed by atoms with Crippen molar-refractivity contribution in [2.75, 3.05) is 10.6 Å². The summed E-state index contributed by atoms with van der Waals surface area (Å²) in [6, 6.07) is 11.0. The molecule has 5 nitrogen and oxygen atoms in total. The third-order valence-corrected chi connectivity index (χ3v) is 4.59. The number of halogens is 3. The standard InChI is InChI=1S/C19H12F3N3O2S/c20-19(21,22)13-2-1-3-14(9-13)23-17(26)25-18-24-15-8-11(4-5-16(15)27-18)12-6-7-28-10-12/h1-10H,(H2,23,24,25,26). The summed E-state index contributed by atoms with van der Waals surface area (Å²) in [4.78, 5) is 16.3. The van der Waals surface area contributed by atoms with Crippen LogP contribution >= 0.6 is 11.3 Å². The highest BCUT2D eigenvalue weighted by atomic mass is 32.1. The van der Waals surface area contributed by atoms with Crippen LogP contribution in [-0.2, 0) is 6.18 Å². The Hall–Kier alpha value is -3.33. The van der Waals surface area contributed by atoms with Gasteiger partial charge in [0.2, 0.25) is 0 Å². The summed E-state index contributed by atoms with van der Waals surface area (Å²) in [5.41, 5.74) is 2.19. The van der Waals surface area contributed by atoms with Gasteiger partial charge in [-0.3, -0.25) is 5.32 Å². The van der Waals surface area contributed by atoms with Crippen LogP contribution in [0, 0.1) is 0 Å². The molecule has 142 valence electrons. The Bertz CT molecular complexity index is 1140. The van der Waals surface area contributed by atoms with Gasteiger partial charge in [0.1, 0.15) is 5.52 Å². The molecule has 0 aliphatic carbocycles. The van der Waals surface area contributed by atoms with Gasteiger partial charge >= 0.3 is 18.2 Å². The number of hydrogen-bond donors (Lipinski definition) is 2. The first-order valence-electron chi connectivity index (χ1n) is 8.07. The molecule has 28 heavy (non-hydrogen) atoms. The molecule has 4 rings (SSSR count). The first-order valence-corrected chi connectivity index (χ1v) is 9.01. The molecular weight excluding hydrogens is 391 g/mol. The molecule has 0 radical (unpaired) electrons. The predicted molar refractivity (Wildman–Crippen MR) is 101 cm³/mol. The summed E-state index contributed by atoms with van der Waals surface area (Å²) in [6.07, 6.45) is -4.49. The zero-order chi connectivity index (χ0) is 19.7. The highest BCUT2D eigenvalue weighted by molar-refractivity contribution is 7.08. The van der Waals surface area contributed by atoms with Crippen LogP contribution in [0.1, 0.15) is 5.56 Å². The van der Waals surface area contributed by atoms with E-state index in [0.29, 0.717) is 11.1 Å². The number of carbonyl (C=O) groups excluding carboxylic acids is 1. The molecule has 0 saturated heterocycles. The Morgan fingerprint density at radius 2 is 1.89 bits per heavy atom. The molecular formula is C19H12F3N3O2S. The van der Waals surface area contributed by atoms with Crippen LogP contribution < -0.4 is 10.6 Å². The van der Waals surface area contributed by atoms with Gasteiger partial charge in [0.05, 0.1) is 5.56 Å². The largest absolute Gasteiger partial charge is 0.423 e. The lowest BCUT2D eigenvalue weighted by Crippen LogP contribution is -2.20. The summed E-state index contributed by atoms with van der Waals surface area (Å²) in [5, 5.41) is 8.69. The Labute approximate surface area is 160 Å². The predicted octanol–water partition coefficient (Wildman–Crippen LogP) is 6.22. The smallest absolute Gasteiger partial charge is 0.416 e. The summed E-state index contributed by atoms with van der Waals surface area (Å²) in [7, 11) is 0. The number of oxazole rings is 1. The molecule has 9 heteroatoms. The van der Waals surface area contributed by atoms with Crippen LogP contribution in [0.3, 0.4) is 0 Å². The van der Waals surface area contributed by atoms with E-state index in [1.54, 1.807) is 17.4 Å². The van der Waals surface area contributed by atoms with Crippen molar-refractivity contribution in [3.05, 3.63) is 64.9 Å². The lowest BCUT2D eigenvalue weighted by molar-refractivity contribution is -0.137. The molecule has 0 aliphatic rings. The molecule has 0 fully saturated rings. The summed E-state index contributed by atoms with van der Waals surface area (Å²) in [6.45, 7) is 0. The van der Waals surface area contributed by atoms with Crippen molar-refractivity contribution < 1.29 is 22.4 Å². The van der Waals surface area contributed by atoms with Crippen molar-refractivity contribution in [1.82, 2.24) is 4.98 Å². The number of aromatic nitrogens is 1. The molecule has 0 spiro atoms. The van der Waals surface area contributed by atoms with Gasteiger partial charge in [0, 0.05) is 5.69 Å². The van der Waals surface area contributed by atoms with Crippen molar-refractivity contribution in [3.8, 4) is 11.1 Å². The lowest BCUT2D eigenvalue weighted by atomic mass is 10.1. The maximum atomic E-state index is 12.8. The van der Waals surface area contributed by atoms with Crippen molar-refractivity contribution in [3.63, 3.8) is 0 Å². The minimum absolute atomic E-state index is 0.00294. The zero-order valence-corrected chi connectivity index (χ0v) is 14.9. The molecule has 0 unspecified atom stereocenters. The fourth-order valence-corrected chi connectivity index (χ4v) is 3.29. The minimum atomic E-state index is -4.49. The molecule has 0 atom stereocenters. The number of rotatable bonds is 3. The fraction of sp³-hybridized carbons (Fsp3) is 0.0526. The number of urea groups is 1. The molecule has 0 bridgehead atoms. The van der Waals surface area contributed by atoms with Crippen molar-refractivity contribution in [2.45, 2.75) is 6.18 Å². The van der Waals surface area contributed by atoms with E-state index in [9.17, 15) is 18.0 Å². The van der Waals surface area contributed by atoms with Crippen LogP contribution in [0.4, 0.5) is 29.7 Å². The number of carbonyl (C=O) groups is 1. The maximum Gasteiger partial charge on any atom is 0.416 e. The Morgan fingerprint density at radius 3 is 2.64 bits per heavy atom. The molecule has 0 saturated carbocycles. The molecule has 2 aromatic heterocycles. The fourth-order valence-electron chi connectivity index (χ4n) is 2.62. The number of nitrogens with zero attached hydrogens (tertiary/aromatic N) is 1. The molecule has 2 aromatic carbocycles. The lowest BCUT2D eigenvalue weighted by Gasteiger charge is -2.09. The van der Waals surface area contributed by atoms with E-state index >= 15 is 0 Å². The van der Waals surface area contributed by atoms with Crippen molar-refractivity contribution in [2.24, 2.45) is 0 Å². The van der Waals surface area contributed by atoms with E-state index in [1.165, 1.54) is 12.1 Å². The van der Waals surface area contributed by atoms with Gasteiger partial charge in [-0.25, -0.2) is 4.79 Å². The van der Waals surface area contributed by atoms with E-state index in [-0.39, 0.29) is 11.7 Å². The van der Waals surface area contributed by atoms with Gasteiger partial charge in [-0.05, 0) is 58.3 Å². The van der Waals surface area contributed by atoms with Crippen LogP contribution in [0.2, 0.25) is 0 Å². The first-order chi connectivity index (χ1) is 13.4. The van der Waals surface area contributed by atoms with Crippen LogP contribution in [-0.4, -0.2) is 11.0 Å². The first kappa shape index (κ1) is 18.1. The van der Waals surface area contributed by atoms with Gasteiger partial charge in [0.25, 0.3) is 0 Å². The van der Waals surface area contributed by atoms with Crippen molar-refractivity contribution in [1.29, 1.82) is 0 Å². The van der Waals surface area contributed by atoms with Gasteiger partial charge in [-0.15, -0.1) is 0 Å². The Balaban J connectivity index is 1.49. The highest BCUT2D eigenvalue weighted by Gasteiger charge is 2.30. The van der Waals surface area contributed by atoms with Crippen LogP contribution in [0.15, 0.2) is 63.7 Å². The van der Waals surface area contributed by atoms with Gasteiger partial charge in [-0.2, -0.15) is 29.5 Å². The molecule has 4 aromatic rings. The van der Waals surface area contributed by atoms with Gasteiger partial charge in [0.15, 0.2) is 5.58 Å². The molecule has 2 amide bonds. The SMILES string of the molecule is O=C(Nc1cccc(C(F)(F)F)c1)Nc1nc2cc(-c3ccsc3)ccc2o1. The monoisotopic (exact) mass is 403 g/mol. The second kappa shape index (κ2) is 7.01. The minimum Gasteiger partial charge on any atom is -0.423 e. The number of benzene rings is 2. The quantitative estimate of drug-likeness (QED) is 0.427. The second-order valence-corrected chi connectivity index (χ2v) is 6.65. The van der Waals surface area contributed by atoms with E-state index in [1.807, 2.05) is 29.0 Å². The average Bonchev–Trinajstić information content (AvgIpc) is 3.29. The third-order valence-electron chi connectivity index (χ3n) is 3.91. The maximum absolute atomic E-state index is 12.8.